The average molecular weight is 235 g/mol. The van der Waals surface area contributed by atoms with Crippen LogP contribution in [0.2, 0.25) is 0 Å². The highest BCUT2D eigenvalue weighted by Crippen LogP contribution is 2.20. The van der Waals surface area contributed by atoms with E-state index in [1.54, 1.807) is 13.4 Å². The third-order valence-corrected chi connectivity index (χ3v) is 2.54. The maximum atomic E-state index is 5.25. The first-order valence-corrected chi connectivity index (χ1v) is 5.59. The van der Waals surface area contributed by atoms with Crippen LogP contribution in [0.3, 0.4) is 0 Å². The normalized spacial score (nSPS) is 10.9. The first kappa shape index (κ1) is 11.9. The van der Waals surface area contributed by atoms with Crippen LogP contribution in [0.1, 0.15) is 11.5 Å². The molecule has 0 aromatic carbocycles. The van der Waals surface area contributed by atoms with Gasteiger partial charge in [-0.05, 0) is 13.0 Å². The molecule has 0 radical (unpaired) electrons. The number of rotatable bonds is 6. The number of furan rings is 1. The Morgan fingerprint density at radius 2 is 2.41 bits per heavy atom. The van der Waals surface area contributed by atoms with Crippen molar-refractivity contribution < 1.29 is 9.15 Å². The second kappa shape index (κ2) is 5.65. The van der Waals surface area contributed by atoms with E-state index in [9.17, 15) is 0 Å². The molecule has 0 saturated heterocycles. The summed E-state index contributed by atoms with van der Waals surface area (Å²) in [5.41, 5.74) is 2.06. The van der Waals surface area contributed by atoms with Crippen molar-refractivity contribution in [3.63, 3.8) is 0 Å². The number of methoxy groups -OCH3 is 1. The molecule has 0 fully saturated rings. The standard InChI is InChI=1S/C12H17N3O2/c1-9-11(3-5-17-9)12-14-8-10(15-12)7-13-4-6-16-2/h3,5,8,13H,4,6-7H2,1-2H3,(H,14,15). The minimum absolute atomic E-state index is 0.710. The lowest BCUT2D eigenvalue weighted by Crippen LogP contribution is -2.18. The molecular weight excluding hydrogens is 218 g/mol. The number of aromatic nitrogens is 2. The fraction of sp³-hybridized carbons (Fsp3) is 0.417. The Bertz CT molecular complexity index is 462. The van der Waals surface area contributed by atoms with Crippen molar-refractivity contribution in [2.75, 3.05) is 20.3 Å². The van der Waals surface area contributed by atoms with Crippen LogP contribution in [0.4, 0.5) is 0 Å². The van der Waals surface area contributed by atoms with E-state index < -0.39 is 0 Å². The second-order valence-corrected chi connectivity index (χ2v) is 3.82. The van der Waals surface area contributed by atoms with E-state index >= 15 is 0 Å². The van der Waals surface area contributed by atoms with Crippen molar-refractivity contribution in [1.29, 1.82) is 0 Å². The molecule has 2 rings (SSSR count). The Hall–Kier alpha value is -1.59. The van der Waals surface area contributed by atoms with Crippen LogP contribution in [0.5, 0.6) is 0 Å². The zero-order chi connectivity index (χ0) is 12.1. The molecule has 0 atom stereocenters. The molecule has 0 spiro atoms. The van der Waals surface area contributed by atoms with Gasteiger partial charge in [0, 0.05) is 32.1 Å². The molecule has 0 saturated carbocycles. The van der Waals surface area contributed by atoms with E-state index in [2.05, 4.69) is 15.3 Å². The Balaban J connectivity index is 1.95. The van der Waals surface area contributed by atoms with Crippen molar-refractivity contribution in [3.05, 3.63) is 30.0 Å². The van der Waals surface area contributed by atoms with E-state index in [1.165, 1.54) is 0 Å². The predicted molar refractivity (Wildman–Crippen MR) is 64.6 cm³/mol. The smallest absolute Gasteiger partial charge is 0.141 e. The van der Waals surface area contributed by atoms with Gasteiger partial charge in [0.15, 0.2) is 0 Å². The molecule has 5 heteroatoms. The number of ether oxygens (including phenoxy) is 1. The quantitative estimate of drug-likeness (QED) is 0.748. The molecule has 0 amide bonds. The van der Waals surface area contributed by atoms with E-state index in [-0.39, 0.29) is 0 Å². The number of H-pyrrole nitrogens is 1. The maximum absolute atomic E-state index is 5.25. The first-order chi connectivity index (χ1) is 8.31. The Morgan fingerprint density at radius 1 is 1.53 bits per heavy atom. The van der Waals surface area contributed by atoms with Crippen LogP contribution < -0.4 is 5.32 Å². The van der Waals surface area contributed by atoms with Gasteiger partial charge in [0.05, 0.1) is 18.4 Å². The molecule has 5 nitrogen and oxygen atoms in total. The van der Waals surface area contributed by atoms with Gasteiger partial charge in [-0.3, -0.25) is 0 Å². The number of nitrogens with one attached hydrogen (secondary N) is 2. The van der Waals surface area contributed by atoms with Crippen LogP contribution in [-0.4, -0.2) is 30.2 Å². The number of aromatic amines is 1. The Morgan fingerprint density at radius 3 is 3.12 bits per heavy atom. The molecular formula is C12H17N3O2. The van der Waals surface area contributed by atoms with Gasteiger partial charge in [0.1, 0.15) is 11.6 Å². The number of nitrogens with zero attached hydrogens (tertiary/aromatic N) is 1. The van der Waals surface area contributed by atoms with Gasteiger partial charge in [0.25, 0.3) is 0 Å². The van der Waals surface area contributed by atoms with E-state index in [0.29, 0.717) is 6.61 Å². The fourth-order valence-electron chi connectivity index (χ4n) is 1.61. The predicted octanol–water partition coefficient (Wildman–Crippen LogP) is 1.71. The highest BCUT2D eigenvalue weighted by molar-refractivity contribution is 5.57. The van der Waals surface area contributed by atoms with Gasteiger partial charge in [-0.2, -0.15) is 0 Å². The Kier molecular flexibility index (Phi) is 3.95. The minimum Gasteiger partial charge on any atom is -0.469 e. The van der Waals surface area contributed by atoms with Crippen molar-refractivity contribution >= 4 is 0 Å². The topological polar surface area (TPSA) is 63.1 Å². The van der Waals surface area contributed by atoms with Gasteiger partial charge in [-0.25, -0.2) is 4.98 Å². The van der Waals surface area contributed by atoms with Crippen LogP contribution >= 0.6 is 0 Å². The highest BCUT2D eigenvalue weighted by Gasteiger charge is 2.08. The third kappa shape index (κ3) is 2.95. The molecule has 0 aliphatic carbocycles. The molecule has 92 valence electrons. The summed E-state index contributed by atoms with van der Waals surface area (Å²) in [4.78, 5) is 7.59. The van der Waals surface area contributed by atoms with Crippen LogP contribution in [0.25, 0.3) is 11.4 Å². The number of hydrogen-bond acceptors (Lipinski definition) is 4. The molecule has 0 aliphatic heterocycles. The van der Waals surface area contributed by atoms with Crippen LogP contribution in [-0.2, 0) is 11.3 Å². The van der Waals surface area contributed by atoms with Gasteiger partial charge in [-0.1, -0.05) is 0 Å². The number of imidazole rings is 1. The molecule has 2 aromatic heterocycles. The lowest BCUT2D eigenvalue weighted by Gasteiger charge is -2.01. The third-order valence-electron chi connectivity index (χ3n) is 2.54. The highest BCUT2D eigenvalue weighted by atomic mass is 16.5. The van der Waals surface area contributed by atoms with Gasteiger partial charge in [0.2, 0.25) is 0 Å². The van der Waals surface area contributed by atoms with E-state index in [1.807, 2.05) is 19.2 Å². The Labute approximate surface area is 100 Å². The van der Waals surface area contributed by atoms with Crippen molar-refractivity contribution in [1.82, 2.24) is 15.3 Å². The van der Waals surface area contributed by atoms with Crippen molar-refractivity contribution in [2.45, 2.75) is 13.5 Å². The second-order valence-electron chi connectivity index (χ2n) is 3.82. The zero-order valence-electron chi connectivity index (χ0n) is 10.1. The monoisotopic (exact) mass is 235 g/mol. The lowest BCUT2D eigenvalue weighted by atomic mass is 10.2. The summed E-state index contributed by atoms with van der Waals surface area (Å²) in [5.74, 6) is 1.72. The molecule has 2 aromatic rings. The summed E-state index contributed by atoms with van der Waals surface area (Å²) in [6.07, 6.45) is 3.51. The van der Waals surface area contributed by atoms with E-state index in [4.69, 9.17) is 9.15 Å². The summed E-state index contributed by atoms with van der Waals surface area (Å²) < 4.78 is 10.2. The van der Waals surface area contributed by atoms with Crippen molar-refractivity contribution in [3.8, 4) is 11.4 Å². The first-order valence-electron chi connectivity index (χ1n) is 5.59. The maximum Gasteiger partial charge on any atom is 0.141 e. The van der Waals surface area contributed by atoms with Crippen LogP contribution in [0, 0.1) is 6.92 Å². The minimum atomic E-state index is 0.710. The largest absolute Gasteiger partial charge is 0.469 e. The van der Waals surface area contributed by atoms with Gasteiger partial charge >= 0.3 is 0 Å². The summed E-state index contributed by atoms with van der Waals surface area (Å²) >= 11 is 0. The fourth-order valence-corrected chi connectivity index (χ4v) is 1.61. The van der Waals surface area contributed by atoms with Gasteiger partial charge in [-0.15, -0.1) is 0 Å². The molecule has 17 heavy (non-hydrogen) atoms. The molecule has 0 aliphatic rings. The molecule has 0 unspecified atom stereocenters. The van der Waals surface area contributed by atoms with Crippen LogP contribution in [0.15, 0.2) is 22.9 Å². The van der Waals surface area contributed by atoms with E-state index in [0.717, 1.165) is 35.9 Å². The summed E-state index contributed by atoms with van der Waals surface area (Å²) in [7, 11) is 1.69. The molecule has 2 heterocycles. The number of hydrogen-bond donors (Lipinski definition) is 2. The zero-order valence-corrected chi connectivity index (χ0v) is 10.1. The summed E-state index contributed by atoms with van der Waals surface area (Å²) in [6.45, 7) is 4.22. The SMILES string of the molecule is COCCNCc1cnc(-c2ccoc2C)[nH]1. The summed E-state index contributed by atoms with van der Waals surface area (Å²) in [6, 6.07) is 1.91. The summed E-state index contributed by atoms with van der Waals surface area (Å²) in [5, 5.41) is 3.26. The van der Waals surface area contributed by atoms with Crippen molar-refractivity contribution in [2.24, 2.45) is 0 Å². The van der Waals surface area contributed by atoms with Gasteiger partial charge < -0.3 is 19.5 Å². The molecule has 2 N–H and O–H groups in total. The lowest BCUT2D eigenvalue weighted by molar-refractivity contribution is 0.199. The number of aryl methyl sites for hydroxylation is 1. The molecule has 0 bridgehead atoms. The average Bonchev–Trinajstić information content (AvgIpc) is 2.93.